The zero-order valence-electron chi connectivity index (χ0n) is 14.8. The lowest BCUT2D eigenvalue weighted by molar-refractivity contribution is 0.0949. The Bertz CT molecular complexity index is 985. The molecule has 0 unspecified atom stereocenters. The van der Waals surface area contributed by atoms with Gasteiger partial charge >= 0.3 is 6.09 Å². The van der Waals surface area contributed by atoms with E-state index in [2.05, 4.69) is 20.6 Å². The highest BCUT2D eigenvalue weighted by Crippen LogP contribution is 2.20. The van der Waals surface area contributed by atoms with E-state index >= 15 is 0 Å². The van der Waals surface area contributed by atoms with Gasteiger partial charge in [-0.3, -0.25) is 10.1 Å². The van der Waals surface area contributed by atoms with Crippen molar-refractivity contribution in [3.05, 3.63) is 53.1 Å². The summed E-state index contributed by atoms with van der Waals surface area (Å²) in [6, 6.07) is 8.53. The van der Waals surface area contributed by atoms with Crippen LogP contribution in [0, 0.1) is 0 Å². The SMILES string of the molecule is CCOC(=O)Nc1ccc2c(c1)nc(CNC(=O)c1ccc(Cl)nc1)n2C. The van der Waals surface area contributed by atoms with Crippen LogP contribution in [-0.2, 0) is 18.3 Å². The molecule has 2 aromatic heterocycles. The monoisotopic (exact) mass is 387 g/mol. The van der Waals surface area contributed by atoms with Gasteiger partial charge in [-0.1, -0.05) is 11.6 Å². The number of carbonyl (C=O) groups is 2. The van der Waals surface area contributed by atoms with Crippen LogP contribution in [0.1, 0.15) is 23.1 Å². The number of amides is 2. The van der Waals surface area contributed by atoms with E-state index in [0.29, 0.717) is 34.4 Å². The van der Waals surface area contributed by atoms with Gasteiger partial charge in [0, 0.05) is 18.9 Å². The number of aryl methyl sites for hydroxylation is 1. The molecule has 2 N–H and O–H groups in total. The van der Waals surface area contributed by atoms with Gasteiger partial charge in [0.25, 0.3) is 5.91 Å². The van der Waals surface area contributed by atoms with Crippen molar-refractivity contribution in [1.29, 1.82) is 0 Å². The zero-order valence-corrected chi connectivity index (χ0v) is 15.6. The second kappa shape index (κ2) is 8.05. The van der Waals surface area contributed by atoms with Crippen molar-refractivity contribution in [3.8, 4) is 0 Å². The maximum atomic E-state index is 12.2. The van der Waals surface area contributed by atoms with Crippen LogP contribution < -0.4 is 10.6 Å². The molecule has 0 atom stereocenters. The summed E-state index contributed by atoms with van der Waals surface area (Å²) in [5, 5.41) is 5.77. The zero-order chi connectivity index (χ0) is 19.4. The molecule has 0 fully saturated rings. The molecule has 8 nitrogen and oxygen atoms in total. The van der Waals surface area contributed by atoms with Gasteiger partial charge in [-0.15, -0.1) is 0 Å². The number of hydrogen-bond acceptors (Lipinski definition) is 5. The fraction of sp³-hybridized carbons (Fsp3) is 0.222. The summed E-state index contributed by atoms with van der Waals surface area (Å²) in [7, 11) is 1.86. The van der Waals surface area contributed by atoms with E-state index in [4.69, 9.17) is 16.3 Å². The number of nitrogens with zero attached hydrogens (tertiary/aromatic N) is 3. The molecule has 0 radical (unpaired) electrons. The number of anilines is 1. The average Bonchev–Trinajstić information content (AvgIpc) is 2.96. The van der Waals surface area contributed by atoms with Gasteiger partial charge in [-0.05, 0) is 37.3 Å². The Hall–Kier alpha value is -3.13. The molecule has 0 saturated heterocycles. The van der Waals surface area contributed by atoms with Gasteiger partial charge in [0.05, 0.1) is 29.7 Å². The average molecular weight is 388 g/mol. The highest BCUT2D eigenvalue weighted by molar-refractivity contribution is 6.29. The van der Waals surface area contributed by atoms with E-state index in [1.165, 1.54) is 6.20 Å². The summed E-state index contributed by atoms with van der Waals surface area (Å²) in [5.74, 6) is 0.407. The summed E-state index contributed by atoms with van der Waals surface area (Å²) < 4.78 is 6.74. The van der Waals surface area contributed by atoms with Crippen LogP contribution in [0.2, 0.25) is 5.15 Å². The normalized spacial score (nSPS) is 10.6. The largest absolute Gasteiger partial charge is 0.450 e. The Morgan fingerprint density at radius 2 is 2.07 bits per heavy atom. The number of halogens is 1. The highest BCUT2D eigenvalue weighted by atomic mass is 35.5. The van der Waals surface area contributed by atoms with Crippen molar-refractivity contribution in [1.82, 2.24) is 19.9 Å². The topological polar surface area (TPSA) is 98.1 Å². The molecule has 2 amide bonds. The number of nitrogens with one attached hydrogen (secondary N) is 2. The molecular formula is C18H18ClN5O3. The predicted molar refractivity (Wildman–Crippen MR) is 102 cm³/mol. The Labute approximate surface area is 160 Å². The van der Waals surface area contributed by atoms with E-state index in [1.807, 2.05) is 17.7 Å². The smallest absolute Gasteiger partial charge is 0.411 e. The van der Waals surface area contributed by atoms with Crippen LogP contribution in [-0.4, -0.2) is 33.1 Å². The van der Waals surface area contributed by atoms with Crippen molar-refractivity contribution in [2.24, 2.45) is 7.05 Å². The number of benzene rings is 1. The van der Waals surface area contributed by atoms with Crippen molar-refractivity contribution in [2.75, 3.05) is 11.9 Å². The molecule has 9 heteroatoms. The maximum Gasteiger partial charge on any atom is 0.411 e. The Morgan fingerprint density at radius 1 is 1.26 bits per heavy atom. The highest BCUT2D eigenvalue weighted by Gasteiger charge is 2.12. The molecule has 0 saturated carbocycles. The second-order valence-corrected chi connectivity index (χ2v) is 6.08. The summed E-state index contributed by atoms with van der Waals surface area (Å²) in [6.45, 7) is 2.28. The predicted octanol–water partition coefficient (Wildman–Crippen LogP) is 3.12. The first-order valence-electron chi connectivity index (χ1n) is 8.27. The van der Waals surface area contributed by atoms with Gasteiger partial charge < -0.3 is 14.6 Å². The fourth-order valence-corrected chi connectivity index (χ4v) is 2.65. The number of carbonyl (C=O) groups excluding carboxylic acids is 2. The number of pyridine rings is 1. The Morgan fingerprint density at radius 3 is 2.78 bits per heavy atom. The lowest BCUT2D eigenvalue weighted by Gasteiger charge is -2.06. The molecule has 3 rings (SSSR count). The van der Waals surface area contributed by atoms with Gasteiger partial charge in [0.2, 0.25) is 0 Å². The number of aromatic nitrogens is 3. The molecular weight excluding hydrogens is 370 g/mol. The molecule has 0 aliphatic rings. The van der Waals surface area contributed by atoms with Crippen molar-refractivity contribution >= 4 is 40.3 Å². The van der Waals surface area contributed by atoms with Gasteiger partial charge in [0.15, 0.2) is 0 Å². The molecule has 140 valence electrons. The van der Waals surface area contributed by atoms with Crippen molar-refractivity contribution in [3.63, 3.8) is 0 Å². The molecule has 0 aliphatic heterocycles. The molecule has 0 spiro atoms. The lowest BCUT2D eigenvalue weighted by atomic mass is 10.3. The molecule has 1 aromatic carbocycles. The Balaban J connectivity index is 1.73. The quantitative estimate of drug-likeness (QED) is 0.655. The van der Waals surface area contributed by atoms with Gasteiger partial charge in [-0.2, -0.15) is 0 Å². The van der Waals surface area contributed by atoms with Gasteiger partial charge in [0.1, 0.15) is 11.0 Å². The third-order valence-electron chi connectivity index (χ3n) is 3.89. The van der Waals surface area contributed by atoms with Crippen molar-refractivity contribution in [2.45, 2.75) is 13.5 Å². The molecule has 2 heterocycles. The maximum absolute atomic E-state index is 12.2. The summed E-state index contributed by atoms with van der Waals surface area (Å²) in [4.78, 5) is 32.2. The summed E-state index contributed by atoms with van der Waals surface area (Å²) in [6.07, 6.45) is 0.900. The number of rotatable bonds is 5. The van der Waals surface area contributed by atoms with E-state index in [0.717, 1.165) is 5.52 Å². The van der Waals surface area contributed by atoms with E-state index < -0.39 is 6.09 Å². The second-order valence-electron chi connectivity index (χ2n) is 5.69. The van der Waals surface area contributed by atoms with E-state index in [1.54, 1.807) is 31.2 Å². The Kier molecular flexibility index (Phi) is 5.56. The third kappa shape index (κ3) is 4.35. The molecule has 3 aromatic rings. The summed E-state index contributed by atoms with van der Waals surface area (Å²) in [5.41, 5.74) is 2.58. The van der Waals surface area contributed by atoms with Crippen LogP contribution in [0.15, 0.2) is 36.5 Å². The van der Waals surface area contributed by atoms with Crippen LogP contribution >= 0.6 is 11.6 Å². The minimum Gasteiger partial charge on any atom is -0.450 e. The molecule has 0 aliphatic carbocycles. The van der Waals surface area contributed by atoms with E-state index in [-0.39, 0.29) is 12.5 Å². The van der Waals surface area contributed by atoms with Crippen LogP contribution in [0.5, 0.6) is 0 Å². The first kappa shape index (κ1) is 18.7. The number of fused-ring (bicyclic) bond motifs is 1. The fourth-order valence-electron chi connectivity index (χ4n) is 2.54. The standard InChI is InChI=1S/C18H18ClN5O3/c1-3-27-18(26)22-12-5-6-14-13(8-12)23-16(24(14)2)10-21-17(25)11-4-7-15(19)20-9-11/h4-9H,3,10H2,1-2H3,(H,21,25)(H,22,26). The third-order valence-corrected chi connectivity index (χ3v) is 4.12. The van der Waals surface area contributed by atoms with Crippen LogP contribution in [0.4, 0.5) is 10.5 Å². The first-order valence-corrected chi connectivity index (χ1v) is 8.64. The minimum atomic E-state index is -0.517. The first-order chi connectivity index (χ1) is 13.0. The van der Waals surface area contributed by atoms with Crippen LogP contribution in [0.3, 0.4) is 0 Å². The summed E-state index contributed by atoms with van der Waals surface area (Å²) >= 11 is 5.73. The number of imidazole rings is 1. The molecule has 0 bridgehead atoms. The van der Waals surface area contributed by atoms with E-state index in [9.17, 15) is 9.59 Å². The van der Waals surface area contributed by atoms with Gasteiger partial charge in [-0.25, -0.2) is 14.8 Å². The van der Waals surface area contributed by atoms with Crippen molar-refractivity contribution < 1.29 is 14.3 Å². The number of hydrogen-bond donors (Lipinski definition) is 2. The number of ether oxygens (including phenoxy) is 1. The van der Waals surface area contributed by atoms with Crippen LogP contribution in [0.25, 0.3) is 11.0 Å². The minimum absolute atomic E-state index is 0.243. The lowest BCUT2D eigenvalue weighted by Crippen LogP contribution is -2.24. The molecule has 27 heavy (non-hydrogen) atoms.